The van der Waals surface area contributed by atoms with E-state index in [0.717, 1.165) is 5.56 Å². The third kappa shape index (κ3) is 5.01. The van der Waals surface area contributed by atoms with Gasteiger partial charge in [0.1, 0.15) is 5.75 Å². The van der Waals surface area contributed by atoms with Gasteiger partial charge in [-0.1, -0.05) is 30.3 Å². The van der Waals surface area contributed by atoms with E-state index in [1.54, 1.807) is 24.7 Å². The molecule has 0 bridgehead atoms. The van der Waals surface area contributed by atoms with E-state index in [9.17, 15) is 18.4 Å². The summed E-state index contributed by atoms with van der Waals surface area (Å²) in [5.74, 6) is -1.33. The first-order valence-corrected chi connectivity index (χ1v) is 10.2. The van der Waals surface area contributed by atoms with E-state index in [4.69, 9.17) is 4.74 Å². The SMILES string of the molecule is Cc1nn(C)c2nc(-c3ccccc3)cc(C(=O)OCC(=O)Nc3ccc(OC(F)F)cc3)c12. The average Bonchev–Trinajstić information content (AvgIpc) is 3.11. The number of fused-ring (bicyclic) bond motifs is 1. The lowest BCUT2D eigenvalue weighted by atomic mass is 10.1. The number of pyridine rings is 1. The van der Waals surface area contributed by atoms with Gasteiger partial charge in [-0.05, 0) is 37.3 Å². The topological polar surface area (TPSA) is 95.3 Å². The zero-order valence-electron chi connectivity index (χ0n) is 18.3. The van der Waals surface area contributed by atoms with Crippen molar-refractivity contribution in [1.29, 1.82) is 0 Å². The van der Waals surface area contributed by atoms with Crippen LogP contribution < -0.4 is 10.1 Å². The normalized spacial score (nSPS) is 11.0. The number of ether oxygens (including phenoxy) is 2. The molecule has 1 amide bonds. The summed E-state index contributed by atoms with van der Waals surface area (Å²) in [5, 5.41) is 7.43. The van der Waals surface area contributed by atoms with Crippen LogP contribution in [0.1, 0.15) is 16.1 Å². The molecule has 2 aromatic carbocycles. The van der Waals surface area contributed by atoms with Gasteiger partial charge in [-0.25, -0.2) is 9.78 Å². The summed E-state index contributed by atoms with van der Waals surface area (Å²) in [4.78, 5) is 29.9. The largest absolute Gasteiger partial charge is 0.452 e. The average molecular weight is 466 g/mol. The molecule has 0 atom stereocenters. The number of aromatic nitrogens is 3. The number of esters is 1. The van der Waals surface area contributed by atoms with Gasteiger partial charge in [-0.3, -0.25) is 9.48 Å². The number of nitrogens with zero attached hydrogens (tertiary/aromatic N) is 3. The second-order valence-electron chi connectivity index (χ2n) is 7.36. The molecule has 2 heterocycles. The molecule has 0 saturated carbocycles. The second-order valence-corrected chi connectivity index (χ2v) is 7.36. The van der Waals surface area contributed by atoms with Crippen molar-refractivity contribution in [3.63, 3.8) is 0 Å². The van der Waals surface area contributed by atoms with Crippen molar-refractivity contribution in [1.82, 2.24) is 14.8 Å². The Labute approximate surface area is 193 Å². The summed E-state index contributed by atoms with van der Waals surface area (Å²) in [7, 11) is 1.73. The molecule has 10 heteroatoms. The maximum atomic E-state index is 13.0. The lowest BCUT2D eigenvalue weighted by Gasteiger charge is -2.10. The van der Waals surface area contributed by atoms with Crippen LogP contribution in [0.25, 0.3) is 22.3 Å². The van der Waals surface area contributed by atoms with Crippen molar-refractivity contribution in [2.75, 3.05) is 11.9 Å². The van der Waals surface area contributed by atoms with Crippen LogP contribution in [0.3, 0.4) is 0 Å². The minimum Gasteiger partial charge on any atom is -0.452 e. The molecule has 34 heavy (non-hydrogen) atoms. The number of benzene rings is 2. The Bertz CT molecular complexity index is 1340. The van der Waals surface area contributed by atoms with Crippen molar-refractivity contribution >= 4 is 28.6 Å². The standard InChI is InChI=1S/C24H20F2N4O4/c1-14-21-18(12-19(15-6-4-3-5-7-15)28-22(21)30(2)29-14)23(32)33-13-20(31)27-16-8-10-17(11-9-16)34-24(25)26/h3-12,24H,13H2,1-2H3,(H,27,31). The molecule has 0 unspecified atom stereocenters. The lowest BCUT2D eigenvalue weighted by molar-refractivity contribution is -0.119. The number of carbonyl (C=O) groups is 2. The number of alkyl halides is 2. The predicted molar refractivity (Wildman–Crippen MR) is 121 cm³/mol. The van der Waals surface area contributed by atoms with Crippen LogP contribution in [-0.2, 0) is 16.6 Å². The smallest absolute Gasteiger partial charge is 0.387 e. The number of hydrogen-bond donors (Lipinski definition) is 1. The highest BCUT2D eigenvalue weighted by atomic mass is 19.3. The van der Waals surface area contributed by atoms with Gasteiger partial charge in [0.05, 0.1) is 22.3 Å². The van der Waals surface area contributed by atoms with Crippen LogP contribution in [0.2, 0.25) is 0 Å². The first-order chi connectivity index (χ1) is 16.3. The molecule has 4 aromatic rings. The summed E-state index contributed by atoms with van der Waals surface area (Å²) in [6.45, 7) is -1.72. The highest BCUT2D eigenvalue weighted by molar-refractivity contribution is 6.05. The summed E-state index contributed by atoms with van der Waals surface area (Å²) in [6, 6.07) is 16.3. The molecule has 4 rings (SSSR count). The van der Waals surface area contributed by atoms with Crippen LogP contribution in [0.4, 0.5) is 14.5 Å². The van der Waals surface area contributed by atoms with Crippen LogP contribution in [0.5, 0.6) is 5.75 Å². The van der Waals surface area contributed by atoms with E-state index in [1.807, 2.05) is 30.3 Å². The maximum Gasteiger partial charge on any atom is 0.387 e. The summed E-state index contributed by atoms with van der Waals surface area (Å²) in [5.41, 5.74) is 3.08. The third-order valence-corrected chi connectivity index (χ3v) is 4.96. The summed E-state index contributed by atoms with van der Waals surface area (Å²) < 4.78 is 35.6. The monoisotopic (exact) mass is 466 g/mol. The molecule has 0 saturated heterocycles. The maximum absolute atomic E-state index is 13.0. The molecular formula is C24H20F2N4O4. The molecule has 8 nitrogen and oxygen atoms in total. The highest BCUT2D eigenvalue weighted by Crippen LogP contribution is 2.27. The Kier molecular flexibility index (Phi) is 6.48. The Morgan fingerprint density at radius 3 is 2.47 bits per heavy atom. The highest BCUT2D eigenvalue weighted by Gasteiger charge is 2.21. The van der Waals surface area contributed by atoms with E-state index in [0.29, 0.717) is 28.1 Å². The third-order valence-electron chi connectivity index (χ3n) is 4.96. The van der Waals surface area contributed by atoms with Gasteiger partial charge >= 0.3 is 12.6 Å². The fourth-order valence-corrected chi connectivity index (χ4v) is 3.49. The molecule has 0 spiro atoms. The van der Waals surface area contributed by atoms with Gasteiger partial charge in [0.15, 0.2) is 12.3 Å². The van der Waals surface area contributed by atoms with E-state index < -0.39 is 25.1 Å². The Morgan fingerprint density at radius 1 is 1.09 bits per heavy atom. The van der Waals surface area contributed by atoms with E-state index in [1.165, 1.54) is 24.3 Å². The quantitative estimate of drug-likeness (QED) is 0.407. The molecule has 0 aliphatic rings. The lowest BCUT2D eigenvalue weighted by Crippen LogP contribution is -2.21. The second kappa shape index (κ2) is 9.65. The number of hydrogen-bond acceptors (Lipinski definition) is 6. The van der Waals surface area contributed by atoms with Crippen molar-refractivity contribution in [2.45, 2.75) is 13.5 Å². The first kappa shape index (κ1) is 22.8. The minimum atomic E-state index is -2.94. The number of aryl methyl sites for hydroxylation is 2. The first-order valence-electron chi connectivity index (χ1n) is 10.2. The zero-order chi connectivity index (χ0) is 24.2. The fourth-order valence-electron chi connectivity index (χ4n) is 3.49. The van der Waals surface area contributed by atoms with Crippen molar-refractivity contribution in [3.05, 3.63) is 71.9 Å². The van der Waals surface area contributed by atoms with Crippen molar-refractivity contribution < 1.29 is 27.8 Å². The number of rotatable bonds is 7. The fraction of sp³-hybridized carbons (Fsp3) is 0.167. The molecule has 0 radical (unpaired) electrons. The van der Waals surface area contributed by atoms with E-state index in [2.05, 4.69) is 20.1 Å². The van der Waals surface area contributed by atoms with Gasteiger partial charge in [-0.15, -0.1) is 0 Å². The summed E-state index contributed by atoms with van der Waals surface area (Å²) >= 11 is 0. The molecule has 174 valence electrons. The van der Waals surface area contributed by atoms with E-state index >= 15 is 0 Å². The number of nitrogens with one attached hydrogen (secondary N) is 1. The number of amides is 1. The van der Waals surface area contributed by atoms with Crippen LogP contribution in [0, 0.1) is 6.92 Å². The minimum absolute atomic E-state index is 0.0396. The van der Waals surface area contributed by atoms with Gasteiger partial charge in [0, 0.05) is 18.3 Å². The zero-order valence-corrected chi connectivity index (χ0v) is 18.3. The number of halogens is 2. The molecule has 0 fully saturated rings. The Morgan fingerprint density at radius 2 is 1.79 bits per heavy atom. The Hall–Kier alpha value is -4.34. The summed E-state index contributed by atoms with van der Waals surface area (Å²) in [6.07, 6.45) is 0. The Balaban J connectivity index is 1.51. The van der Waals surface area contributed by atoms with Gasteiger partial charge in [0.2, 0.25) is 0 Å². The van der Waals surface area contributed by atoms with Gasteiger partial charge in [-0.2, -0.15) is 13.9 Å². The molecule has 0 aliphatic heterocycles. The van der Waals surface area contributed by atoms with Gasteiger partial charge < -0.3 is 14.8 Å². The van der Waals surface area contributed by atoms with Crippen LogP contribution in [-0.4, -0.2) is 39.9 Å². The molecule has 0 aliphatic carbocycles. The molecule has 2 aromatic heterocycles. The number of carbonyl (C=O) groups excluding carboxylic acids is 2. The molecular weight excluding hydrogens is 446 g/mol. The van der Waals surface area contributed by atoms with Crippen molar-refractivity contribution in [3.8, 4) is 17.0 Å². The molecule has 1 N–H and O–H groups in total. The number of anilines is 1. The van der Waals surface area contributed by atoms with Gasteiger partial charge in [0.25, 0.3) is 5.91 Å². The van der Waals surface area contributed by atoms with Crippen LogP contribution in [0.15, 0.2) is 60.7 Å². The predicted octanol–water partition coefficient (Wildman–Crippen LogP) is 4.34. The van der Waals surface area contributed by atoms with Crippen molar-refractivity contribution in [2.24, 2.45) is 7.05 Å². The van der Waals surface area contributed by atoms with E-state index in [-0.39, 0.29) is 11.3 Å². The van der Waals surface area contributed by atoms with Crippen LogP contribution >= 0.6 is 0 Å².